The largest absolute Gasteiger partial charge is 0.348 e. The highest BCUT2D eigenvalue weighted by Gasteiger charge is 2.08. The molecule has 0 bridgehead atoms. The van der Waals surface area contributed by atoms with E-state index in [0.717, 1.165) is 11.3 Å². The van der Waals surface area contributed by atoms with Gasteiger partial charge in [0.2, 0.25) is 16.0 Å². The zero-order valence-electron chi connectivity index (χ0n) is 14.2. The maximum atomic E-state index is 12.2. The van der Waals surface area contributed by atoms with Crippen LogP contribution in [0.2, 0.25) is 0 Å². The lowest BCUT2D eigenvalue weighted by atomic mass is 10.1. The number of aromatic nitrogens is 2. The van der Waals surface area contributed by atoms with Crippen LogP contribution in [-0.4, -0.2) is 24.3 Å². The first-order valence-electron chi connectivity index (χ1n) is 7.96. The Morgan fingerprint density at radius 2 is 1.59 bits per heavy atom. The van der Waals surface area contributed by atoms with Gasteiger partial charge in [0, 0.05) is 30.2 Å². The molecule has 2 aromatic carbocycles. The lowest BCUT2D eigenvalue weighted by molar-refractivity contribution is 0.0951. The zero-order chi connectivity index (χ0) is 19.3. The third-order valence-electron chi connectivity index (χ3n) is 3.67. The van der Waals surface area contributed by atoms with E-state index in [0.29, 0.717) is 11.5 Å². The van der Waals surface area contributed by atoms with Crippen molar-refractivity contribution >= 4 is 27.6 Å². The number of anilines is 2. The Labute approximate surface area is 156 Å². The number of sulfonamides is 1. The smallest absolute Gasteiger partial charge is 0.251 e. The molecule has 0 aliphatic rings. The first kappa shape index (κ1) is 18.5. The van der Waals surface area contributed by atoms with Gasteiger partial charge in [-0.05, 0) is 48.0 Å². The molecule has 27 heavy (non-hydrogen) atoms. The molecule has 1 heterocycles. The topological polar surface area (TPSA) is 127 Å². The third-order valence-corrected chi connectivity index (χ3v) is 4.60. The van der Waals surface area contributed by atoms with Crippen LogP contribution in [0.3, 0.4) is 0 Å². The van der Waals surface area contributed by atoms with Crippen LogP contribution in [0, 0.1) is 0 Å². The second kappa shape index (κ2) is 7.94. The summed E-state index contributed by atoms with van der Waals surface area (Å²) in [7, 11) is -3.72. The number of hydrogen-bond acceptors (Lipinski definition) is 6. The van der Waals surface area contributed by atoms with Gasteiger partial charge in [0.1, 0.15) is 0 Å². The fraction of sp³-hybridized carbons (Fsp3) is 0.0556. The number of hydrogen-bond donors (Lipinski definition) is 3. The van der Waals surface area contributed by atoms with Crippen LogP contribution < -0.4 is 15.8 Å². The number of benzene rings is 2. The molecule has 3 rings (SSSR count). The minimum absolute atomic E-state index is 0.0306. The SMILES string of the molecule is NS(=O)(=O)c1ccc(CNC(=O)c2ccc(Nc3ncccn3)cc2)cc1. The number of rotatable bonds is 6. The van der Waals surface area contributed by atoms with Gasteiger partial charge in [-0.1, -0.05) is 12.1 Å². The van der Waals surface area contributed by atoms with Crippen LogP contribution >= 0.6 is 0 Å². The van der Waals surface area contributed by atoms with Crippen molar-refractivity contribution < 1.29 is 13.2 Å². The summed E-state index contributed by atoms with van der Waals surface area (Å²) in [5.41, 5.74) is 2.02. The fourth-order valence-electron chi connectivity index (χ4n) is 2.28. The minimum atomic E-state index is -3.72. The second-order valence-corrected chi connectivity index (χ2v) is 7.21. The molecule has 9 heteroatoms. The molecule has 0 unspecified atom stereocenters. The van der Waals surface area contributed by atoms with E-state index >= 15 is 0 Å². The van der Waals surface area contributed by atoms with Crippen molar-refractivity contribution in [2.75, 3.05) is 5.32 Å². The summed E-state index contributed by atoms with van der Waals surface area (Å²) in [4.78, 5) is 20.4. The summed E-state index contributed by atoms with van der Waals surface area (Å²) in [6.07, 6.45) is 3.26. The Morgan fingerprint density at radius 3 is 2.19 bits per heavy atom. The average molecular weight is 383 g/mol. The van der Waals surface area contributed by atoms with Gasteiger partial charge in [-0.2, -0.15) is 0 Å². The van der Waals surface area contributed by atoms with E-state index in [1.54, 1.807) is 54.9 Å². The predicted octanol–water partition coefficient (Wildman–Crippen LogP) is 1.80. The van der Waals surface area contributed by atoms with E-state index in [1.807, 2.05) is 0 Å². The third kappa shape index (κ3) is 5.09. The van der Waals surface area contributed by atoms with Crippen molar-refractivity contribution in [2.45, 2.75) is 11.4 Å². The molecule has 0 aliphatic carbocycles. The molecule has 3 aromatic rings. The summed E-state index contributed by atoms with van der Waals surface area (Å²) in [6.45, 7) is 0.265. The maximum absolute atomic E-state index is 12.2. The number of nitrogens with two attached hydrogens (primary N) is 1. The summed E-state index contributed by atoms with van der Waals surface area (Å²) in [5, 5.41) is 10.9. The molecule has 0 radical (unpaired) electrons. The van der Waals surface area contributed by atoms with Gasteiger partial charge in [0.05, 0.1) is 4.90 Å². The molecular weight excluding hydrogens is 366 g/mol. The predicted molar refractivity (Wildman–Crippen MR) is 101 cm³/mol. The molecule has 0 saturated carbocycles. The lowest BCUT2D eigenvalue weighted by Gasteiger charge is -2.08. The van der Waals surface area contributed by atoms with Gasteiger partial charge in [0.15, 0.2) is 0 Å². The normalized spacial score (nSPS) is 11.0. The van der Waals surface area contributed by atoms with Crippen molar-refractivity contribution in [1.82, 2.24) is 15.3 Å². The monoisotopic (exact) mass is 383 g/mol. The van der Waals surface area contributed by atoms with E-state index in [2.05, 4.69) is 20.6 Å². The number of carbonyl (C=O) groups excluding carboxylic acids is 1. The molecule has 4 N–H and O–H groups in total. The molecular formula is C18H17N5O3S. The minimum Gasteiger partial charge on any atom is -0.348 e. The van der Waals surface area contributed by atoms with Gasteiger partial charge in [-0.15, -0.1) is 0 Å². The quantitative estimate of drug-likeness (QED) is 0.596. The average Bonchev–Trinajstić information content (AvgIpc) is 2.67. The van der Waals surface area contributed by atoms with Crippen LogP contribution in [0.5, 0.6) is 0 Å². The Kier molecular flexibility index (Phi) is 5.43. The number of amides is 1. The van der Waals surface area contributed by atoms with Crippen LogP contribution in [0.1, 0.15) is 15.9 Å². The van der Waals surface area contributed by atoms with E-state index in [-0.39, 0.29) is 17.3 Å². The van der Waals surface area contributed by atoms with Gasteiger partial charge in [0.25, 0.3) is 5.91 Å². The Hall–Kier alpha value is -3.30. The van der Waals surface area contributed by atoms with E-state index in [1.165, 1.54) is 12.1 Å². The van der Waals surface area contributed by atoms with Gasteiger partial charge in [-0.25, -0.2) is 23.5 Å². The van der Waals surface area contributed by atoms with Gasteiger partial charge in [-0.3, -0.25) is 4.79 Å². The molecule has 1 amide bonds. The van der Waals surface area contributed by atoms with Crippen molar-refractivity contribution in [2.24, 2.45) is 5.14 Å². The van der Waals surface area contributed by atoms with Gasteiger partial charge >= 0.3 is 0 Å². The lowest BCUT2D eigenvalue weighted by Crippen LogP contribution is -2.22. The van der Waals surface area contributed by atoms with Crippen LogP contribution in [0.4, 0.5) is 11.6 Å². The van der Waals surface area contributed by atoms with E-state index < -0.39 is 10.0 Å². The van der Waals surface area contributed by atoms with Crippen LogP contribution in [0.25, 0.3) is 0 Å². The Bertz CT molecular complexity index is 1020. The molecule has 0 saturated heterocycles. The van der Waals surface area contributed by atoms with Crippen molar-refractivity contribution in [3.05, 3.63) is 78.1 Å². The molecule has 0 aliphatic heterocycles. The summed E-state index contributed by atoms with van der Waals surface area (Å²) >= 11 is 0. The summed E-state index contributed by atoms with van der Waals surface area (Å²) in [5.74, 6) is 0.227. The van der Waals surface area contributed by atoms with Crippen LogP contribution in [0.15, 0.2) is 71.9 Å². The van der Waals surface area contributed by atoms with Crippen molar-refractivity contribution in [3.63, 3.8) is 0 Å². The molecule has 0 fully saturated rings. The molecule has 0 spiro atoms. The number of carbonyl (C=O) groups is 1. The first-order valence-corrected chi connectivity index (χ1v) is 9.50. The van der Waals surface area contributed by atoms with E-state index in [4.69, 9.17) is 5.14 Å². The maximum Gasteiger partial charge on any atom is 0.251 e. The van der Waals surface area contributed by atoms with Crippen molar-refractivity contribution in [1.29, 1.82) is 0 Å². The molecule has 8 nitrogen and oxygen atoms in total. The molecule has 1 aromatic heterocycles. The standard InChI is InChI=1S/C18H17N5O3S/c19-27(25,26)16-8-2-13(3-9-16)12-22-17(24)14-4-6-15(7-5-14)23-18-20-10-1-11-21-18/h1-11H,12H2,(H,22,24)(H2,19,25,26)(H,20,21,23). The Morgan fingerprint density at radius 1 is 0.963 bits per heavy atom. The number of nitrogens with one attached hydrogen (secondary N) is 2. The molecule has 0 atom stereocenters. The van der Waals surface area contributed by atoms with Crippen LogP contribution in [-0.2, 0) is 16.6 Å². The molecule has 138 valence electrons. The van der Waals surface area contributed by atoms with Crippen molar-refractivity contribution in [3.8, 4) is 0 Å². The van der Waals surface area contributed by atoms with E-state index in [9.17, 15) is 13.2 Å². The highest BCUT2D eigenvalue weighted by atomic mass is 32.2. The van der Waals surface area contributed by atoms with Gasteiger partial charge < -0.3 is 10.6 Å². The summed E-state index contributed by atoms with van der Waals surface area (Å²) < 4.78 is 22.5. The second-order valence-electron chi connectivity index (χ2n) is 5.65. The Balaban J connectivity index is 1.58. The number of primary sulfonamides is 1. The first-order chi connectivity index (χ1) is 12.9. The highest BCUT2D eigenvalue weighted by molar-refractivity contribution is 7.89. The summed E-state index contributed by atoms with van der Waals surface area (Å²) in [6, 6.07) is 14.6. The zero-order valence-corrected chi connectivity index (χ0v) is 15.0. The fourth-order valence-corrected chi connectivity index (χ4v) is 2.79. The highest BCUT2D eigenvalue weighted by Crippen LogP contribution is 2.14. The number of nitrogens with zero attached hydrogens (tertiary/aromatic N) is 2.